The van der Waals surface area contributed by atoms with Crippen molar-refractivity contribution in [2.24, 2.45) is 0 Å². The first kappa shape index (κ1) is 33.5. The van der Waals surface area contributed by atoms with E-state index in [0.717, 1.165) is 54.3 Å². The van der Waals surface area contributed by atoms with Crippen molar-refractivity contribution < 1.29 is 31.2 Å². The zero-order valence-electron chi connectivity index (χ0n) is 24.5. The Hall–Kier alpha value is -3.38. The summed E-state index contributed by atoms with van der Waals surface area (Å²) in [7, 11) is -4.50. The van der Waals surface area contributed by atoms with Gasteiger partial charge in [0.1, 0.15) is 12.6 Å². The van der Waals surface area contributed by atoms with Gasteiger partial charge in [-0.3, -0.25) is 13.9 Å². The van der Waals surface area contributed by atoms with Crippen molar-refractivity contribution in [3.8, 4) is 0 Å². The number of anilines is 1. The van der Waals surface area contributed by atoms with Gasteiger partial charge in [-0.15, -0.1) is 0 Å². The highest BCUT2D eigenvalue weighted by Crippen LogP contribution is 2.33. The molecule has 1 atom stereocenters. The number of sulfonamides is 1. The molecule has 0 aromatic heterocycles. The normalized spacial score (nSPS) is 15.0. The maximum atomic E-state index is 14.1. The molecule has 0 aliphatic heterocycles. The Labute approximate surface area is 264 Å². The Kier molecular flexibility index (Phi) is 10.8. The summed E-state index contributed by atoms with van der Waals surface area (Å²) >= 11 is 3.41. The van der Waals surface area contributed by atoms with E-state index in [4.69, 9.17) is 0 Å². The molecule has 4 rings (SSSR count). The topological polar surface area (TPSA) is 86.8 Å². The molecular formula is C32H35BrF3N3O4S. The molecule has 0 unspecified atom stereocenters. The van der Waals surface area contributed by atoms with E-state index in [9.17, 15) is 31.2 Å². The number of carbonyl (C=O) groups excluding carboxylic acids is 2. The Morgan fingerprint density at radius 2 is 1.64 bits per heavy atom. The lowest BCUT2D eigenvalue weighted by molar-refractivity contribution is -0.139. The number of rotatable bonds is 10. The number of hydrogen-bond acceptors (Lipinski definition) is 4. The van der Waals surface area contributed by atoms with Crippen LogP contribution in [0.2, 0.25) is 0 Å². The van der Waals surface area contributed by atoms with E-state index in [1.54, 1.807) is 50.2 Å². The molecule has 2 amide bonds. The van der Waals surface area contributed by atoms with Gasteiger partial charge >= 0.3 is 6.18 Å². The fourth-order valence-corrected chi connectivity index (χ4v) is 7.04. The van der Waals surface area contributed by atoms with Crippen LogP contribution in [0.25, 0.3) is 0 Å². The zero-order chi connectivity index (χ0) is 32.1. The van der Waals surface area contributed by atoms with Crippen molar-refractivity contribution in [1.82, 2.24) is 10.2 Å². The van der Waals surface area contributed by atoms with E-state index in [0.29, 0.717) is 15.9 Å². The van der Waals surface area contributed by atoms with Crippen LogP contribution >= 0.6 is 15.9 Å². The molecule has 0 bridgehead atoms. The molecule has 1 fully saturated rings. The van der Waals surface area contributed by atoms with Gasteiger partial charge in [-0.05, 0) is 74.7 Å². The maximum Gasteiger partial charge on any atom is 0.416 e. The molecule has 1 aliphatic carbocycles. The molecule has 1 saturated carbocycles. The fourth-order valence-electron chi connectivity index (χ4n) is 5.19. The van der Waals surface area contributed by atoms with Crippen molar-refractivity contribution in [3.63, 3.8) is 0 Å². The molecule has 7 nitrogen and oxygen atoms in total. The van der Waals surface area contributed by atoms with Gasteiger partial charge in [-0.25, -0.2) is 8.42 Å². The van der Waals surface area contributed by atoms with Crippen molar-refractivity contribution >= 4 is 43.5 Å². The summed E-state index contributed by atoms with van der Waals surface area (Å²) in [4.78, 5) is 28.6. The summed E-state index contributed by atoms with van der Waals surface area (Å²) in [5.41, 5.74) is 0.0777. The average molecular weight is 695 g/mol. The minimum absolute atomic E-state index is 0.0231. The van der Waals surface area contributed by atoms with Gasteiger partial charge in [0.15, 0.2) is 0 Å². The van der Waals surface area contributed by atoms with E-state index in [2.05, 4.69) is 21.2 Å². The molecule has 236 valence electrons. The summed E-state index contributed by atoms with van der Waals surface area (Å²) in [6, 6.07) is 15.8. The second-order valence-electron chi connectivity index (χ2n) is 11.0. The third-order valence-electron chi connectivity index (χ3n) is 7.71. The number of alkyl halides is 3. The number of amides is 2. The molecule has 3 aromatic rings. The molecule has 44 heavy (non-hydrogen) atoms. The van der Waals surface area contributed by atoms with Gasteiger partial charge in [0.25, 0.3) is 10.0 Å². The summed E-state index contributed by atoms with van der Waals surface area (Å²) in [6.07, 6.45) is -0.00794. The standard InChI is InChI=1S/C32H35BrF3N3O4S/c1-22-14-16-29(17-15-22)44(42,43)39(28-13-7-9-25(19-28)32(34,35)36)21-30(40)38(20-24-8-6-10-26(33)18-24)23(2)31(41)37-27-11-4-3-5-12-27/h6-10,13-19,23,27H,3-5,11-12,20-21H2,1-2H3,(H,37,41)/t23-/m0/s1. The average Bonchev–Trinajstić information content (AvgIpc) is 2.98. The quantitative estimate of drug-likeness (QED) is 0.252. The lowest BCUT2D eigenvalue weighted by Gasteiger charge is -2.33. The van der Waals surface area contributed by atoms with Crippen LogP contribution in [0.15, 0.2) is 82.2 Å². The maximum absolute atomic E-state index is 14.1. The number of nitrogens with one attached hydrogen (secondary N) is 1. The van der Waals surface area contributed by atoms with E-state index in [-0.39, 0.29) is 29.1 Å². The first-order valence-corrected chi connectivity index (χ1v) is 16.6. The highest BCUT2D eigenvalue weighted by atomic mass is 79.9. The van der Waals surface area contributed by atoms with Crippen molar-refractivity contribution in [1.29, 1.82) is 0 Å². The Balaban J connectivity index is 1.72. The Morgan fingerprint density at radius 3 is 2.27 bits per heavy atom. The molecule has 0 heterocycles. The van der Waals surface area contributed by atoms with Gasteiger partial charge < -0.3 is 10.2 Å². The molecule has 1 aliphatic rings. The summed E-state index contributed by atoms with van der Waals surface area (Å²) < 4.78 is 70.2. The molecule has 0 radical (unpaired) electrons. The number of halogens is 4. The zero-order valence-corrected chi connectivity index (χ0v) is 26.9. The molecule has 0 saturated heterocycles. The van der Waals surface area contributed by atoms with E-state index < -0.39 is 40.3 Å². The summed E-state index contributed by atoms with van der Waals surface area (Å²) in [5, 5.41) is 3.02. The van der Waals surface area contributed by atoms with Gasteiger partial charge in [0, 0.05) is 17.1 Å². The third kappa shape index (κ3) is 8.41. The Morgan fingerprint density at radius 1 is 0.977 bits per heavy atom. The largest absolute Gasteiger partial charge is 0.416 e. The van der Waals surface area contributed by atoms with Crippen LogP contribution in [0.5, 0.6) is 0 Å². The van der Waals surface area contributed by atoms with E-state index in [1.165, 1.54) is 23.1 Å². The third-order valence-corrected chi connectivity index (χ3v) is 9.99. The second kappa shape index (κ2) is 14.2. The van der Waals surface area contributed by atoms with Crippen LogP contribution in [0, 0.1) is 6.92 Å². The van der Waals surface area contributed by atoms with E-state index in [1.807, 2.05) is 0 Å². The molecule has 3 aromatic carbocycles. The number of nitrogens with zero attached hydrogens (tertiary/aromatic N) is 2. The lowest BCUT2D eigenvalue weighted by atomic mass is 9.95. The van der Waals surface area contributed by atoms with Crippen LogP contribution in [-0.2, 0) is 32.3 Å². The van der Waals surface area contributed by atoms with Gasteiger partial charge in [0.2, 0.25) is 11.8 Å². The molecule has 1 N–H and O–H groups in total. The first-order chi connectivity index (χ1) is 20.8. The predicted molar refractivity (Wildman–Crippen MR) is 166 cm³/mol. The number of carbonyl (C=O) groups is 2. The predicted octanol–water partition coefficient (Wildman–Crippen LogP) is 6.84. The number of hydrogen-bond donors (Lipinski definition) is 1. The molecular weight excluding hydrogens is 659 g/mol. The molecule has 0 spiro atoms. The first-order valence-electron chi connectivity index (χ1n) is 14.4. The van der Waals surface area contributed by atoms with Gasteiger partial charge in [-0.1, -0.05) is 71.1 Å². The highest BCUT2D eigenvalue weighted by Gasteiger charge is 2.35. The number of benzene rings is 3. The second-order valence-corrected chi connectivity index (χ2v) is 13.8. The van der Waals surface area contributed by atoms with Crippen molar-refractivity contribution in [2.75, 3.05) is 10.8 Å². The number of aryl methyl sites for hydroxylation is 1. The van der Waals surface area contributed by atoms with Crippen LogP contribution in [0.4, 0.5) is 18.9 Å². The van der Waals surface area contributed by atoms with E-state index >= 15 is 0 Å². The SMILES string of the molecule is Cc1ccc(S(=O)(=O)N(CC(=O)N(Cc2cccc(Br)c2)[C@@H](C)C(=O)NC2CCCCC2)c2cccc(C(F)(F)F)c2)cc1. The Bertz CT molecular complexity index is 1580. The van der Waals surface area contributed by atoms with Crippen LogP contribution in [-0.4, -0.2) is 43.8 Å². The van der Waals surface area contributed by atoms with Gasteiger partial charge in [0.05, 0.1) is 16.1 Å². The minimum atomic E-state index is -4.74. The smallest absolute Gasteiger partial charge is 0.352 e. The lowest BCUT2D eigenvalue weighted by Crippen LogP contribution is -2.53. The van der Waals surface area contributed by atoms with Crippen molar-refractivity contribution in [2.45, 2.75) is 75.7 Å². The summed E-state index contributed by atoms with van der Waals surface area (Å²) in [6.45, 7) is 2.48. The summed E-state index contributed by atoms with van der Waals surface area (Å²) in [5.74, 6) is -1.13. The van der Waals surface area contributed by atoms with Gasteiger partial charge in [-0.2, -0.15) is 13.2 Å². The fraction of sp³-hybridized carbons (Fsp3) is 0.375. The van der Waals surface area contributed by atoms with Crippen LogP contribution < -0.4 is 9.62 Å². The monoisotopic (exact) mass is 693 g/mol. The van der Waals surface area contributed by atoms with Crippen molar-refractivity contribution in [3.05, 3.63) is 94.0 Å². The van der Waals surface area contributed by atoms with Crippen LogP contribution in [0.1, 0.15) is 55.7 Å². The van der Waals surface area contributed by atoms with Crippen LogP contribution in [0.3, 0.4) is 0 Å². The minimum Gasteiger partial charge on any atom is -0.352 e. The highest BCUT2D eigenvalue weighted by molar-refractivity contribution is 9.10. The molecule has 12 heteroatoms.